The first-order valence-electron chi connectivity index (χ1n) is 6.34. The van der Waals surface area contributed by atoms with Gasteiger partial charge in [-0.15, -0.1) is 0 Å². The summed E-state index contributed by atoms with van der Waals surface area (Å²) >= 11 is 0. The highest BCUT2D eigenvalue weighted by molar-refractivity contribution is 6.02. The van der Waals surface area contributed by atoms with E-state index in [9.17, 15) is 4.79 Å². The van der Waals surface area contributed by atoms with Crippen LogP contribution in [0.25, 0.3) is 0 Å². The Balaban J connectivity index is 2.74. The Labute approximate surface area is 108 Å². The van der Waals surface area contributed by atoms with Gasteiger partial charge in [-0.05, 0) is 26.4 Å². The van der Waals surface area contributed by atoms with Gasteiger partial charge in [-0.2, -0.15) is 0 Å². The van der Waals surface area contributed by atoms with Gasteiger partial charge in [-0.1, -0.05) is 19.0 Å². The van der Waals surface area contributed by atoms with Crippen LogP contribution in [0.3, 0.4) is 0 Å². The van der Waals surface area contributed by atoms with Crippen molar-refractivity contribution in [2.75, 3.05) is 27.2 Å². The number of hydrogen-bond acceptors (Lipinski definition) is 4. The summed E-state index contributed by atoms with van der Waals surface area (Å²) in [5, 5.41) is 11.7. The number of amides is 1. The van der Waals surface area contributed by atoms with Crippen molar-refractivity contribution in [3.63, 3.8) is 0 Å². The molecule has 0 bridgehead atoms. The summed E-state index contributed by atoms with van der Waals surface area (Å²) in [5.74, 6) is -0.107. The fourth-order valence-electron chi connectivity index (χ4n) is 2.60. The molecule has 6 heteroatoms. The third kappa shape index (κ3) is 2.93. The number of carbonyl (C=O) groups excluding carboxylic acids is 1. The van der Waals surface area contributed by atoms with Gasteiger partial charge in [0.15, 0.2) is 5.84 Å². The van der Waals surface area contributed by atoms with Crippen molar-refractivity contribution >= 4 is 11.7 Å². The van der Waals surface area contributed by atoms with Crippen LogP contribution in [0.5, 0.6) is 0 Å². The molecule has 6 nitrogen and oxygen atoms in total. The lowest BCUT2D eigenvalue weighted by atomic mass is 10.0. The third-order valence-electron chi connectivity index (χ3n) is 3.73. The van der Waals surface area contributed by atoms with Crippen LogP contribution < -0.4 is 5.73 Å². The number of carbonyl (C=O) groups is 1. The summed E-state index contributed by atoms with van der Waals surface area (Å²) in [5.41, 5.74) is 5.57. The van der Waals surface area contributed by atoms with E-state index in [1.165, 1.54) is 0 Å². The average Bonchev–Trinajstić information content (AvgIpc) is 2.71. The lowest BCUT2D eigenvalue weighted by molar-refractivity contribution is -0.132. The van der Waals surface area contributed by atoms with Crippen LogP contribution in [0.2, 0.25) is 0 Å². The number of nitrogens with two attached hydrogens (primary N) is 1. The van der Waals surface area contributed by atoms with Crippen LogP contribution in [0, 0.1) is 11.8 Å². The lowest BCUT2D eigenvalue weighted by Crippen LogP contribution is -2.42. The number of rotatable bonds is 4. The minimum Gasteiger partial charge on any atom is -0.409 e. The number of likely N-dealkylation sites (tertiary alicyclic amines) is 1. The van der Waals surface area contributed by atoms with Gasteiger partial charge < -0.3 is 20.7 Å². The van der Waals surface area contributed by atoms with Crippen LogP contribution in [0.1, 0.15) is 20.3 Å². The Hall–Kier alpha value is -1.30. The number of nitrogens with zero attached hydrogens (tertiary/aromatic N) is 3. The SMILES string of the molecule is CCC(C(=O)N1CC(C)C(N(C)C)C1)C(N)=NO. The molecule has 0 radical (unpaired) electrons. The van der Waals surface area contributed by atoms with Crippen molar-refractivity contribution in [2.45, 2.75) is 26.3 Å². The van der Waals surface area contributed by atoms with Gasteiger partial charge in [0.1, 0.15) is 0 Å². The Morgan fingerprint density at radius 2 is 2.17 bits per heavy atom. The van der Waals surface area contributed by atoms with Gasteiger partial charge in [0.2, 0.25) is 5.91 Å². The second-order valence-corrected chi connectivity index (χ2v) is 5.24. The van der Waals surface area contributed by atoms with E-state index in [0.717, 1.165) is 6.54 Å². The second kappa shape index (κ2) is 6.04. The molecule has 0 saturated carbocycles. The first-order chi connectivity index (χ1) is 8.42. The second-order valence-electron chi connectivity index (χ2n) is 5.24. The zero-order chi connectivity index (χ0) is 13.9. The number of likely N-dealkylation sites (N-methyl/N-ethyl adjacent to an activating group) is 1. The molecule has 0 aromatic carbocycles. The molecule has 104 valence electrons. The van der Waals surface area contributed by atoms with E-state index in [2.05, 4.69) is 17.0 Å². The maximum Gasteiger partial charge on any atom is 0.233 e. The quantitative estimate of drug-likeness (QED) is 0.325. The molecule has 1 amide bonds. The summed E-state index contributed by atoms with van der Waals surface area (Å²) in [6.07, 6.45) is 0.548. The Bertz CT molecular complexity index is 330. The fraction of sp³-hybridized carbons (Fsp3) is 0.833. The molecule has 1 aliphatic heterocycles. The molecule has 1 heterocycles. The van der Waals surface area contributed by atoms with Gasteiger partial charge in [-0.3, -0.25) is 4.79 Å². The van der Waals surface area contributed by atoms with Gasteiger partial charge in [0.25, 0.3) is 0 Å². The van der Waals surface area contributed by atoms with E-state index in [1.54, 1.807) is 0 Å². The standard InChI is InChI=1S/C12H24N4O2/c1-5-9(11(13)14-18)12(17)16-6-8(2)10(7-16)15(3)4/h8-10,18H,5-7H2,1-4H3,(H2,13,14). The summed E-state index contributed by atoms with van der Waals surface area (Å²) < 4.78 is 0. The smallest absolute Gasteiger partial charge is 0.233 e. The van der Waals surface area contributed by atoms with Crippen molar-refractivity contribution in [1.29, 1.82) is 0 Å². The summed E-state index contributed by atoms with van der Waals surface area (Å²) in [4.78, 5) is 16.3. The predicted octanol–water partition coefficient (Wildman–Crippen LogP) is 0.168. The average molecular weight is 256 g/mol. The first kappa shape index (κ1) is 14.8. The monoisotopic (exact) mass is 256 g/mol. The molecule has 0 aromatic heterocycles. The van der Waals surface area contributed by atoms with Gasteiger partial charge >= 0.3 is 0 Å². The molecule has 1 rings (SSSR count). The molecule has 1 aliphatic rings. The highest BCUT2D eigenvalue weighted by Gasteiger charge is 2.36. The summed E-state index contributed by atoms with van der Waals surface area (Å²) in [6.45, 7) is 5.45. The topological polar surface area (TPSA) is 82.2 Å². The Morgan fingerprint density at radius 1 is 1.56 bits per heavy atom. The van der Waals surface area contributed by atoms with Crippen molar-refractivity contribution in [3.05, 3.63) is 0 Å². The Kier molecular flexibility index (Phi) is 4.95. The maximum atomic E-state index is 12.3. The van der Waals surface area contributed by atoms with E-state index >= 15 is 0 Å². The minimum atomic E-state index is -0.511. The van der Waals surface area contributed by atoms with Crippen molar-refractivity contribution < 1.29 is 10.0 Å². The predicted molar refractivity (Wildman–Crippen MR) is 70.4 cm³/mol. The van der Waals surface area contributed by atoms with E-state index in [4.69, 9.17) is 10.9 Å². The molecule has 1 fully saturated rings. The zero-order valence-corrected chi connectivity index (χ0v) is 11.6. The molecule has 3 unspecified atom stereocenters. The van der Waals surface area contributed by atoms with Crippen LogP contribution in [-0.4, -0.2) is 60.0 Å². The highest BCUT2D eigenvalue weighted by Crippen LogP contribution is 2.22. The fourth-order valence-corrected chi connectivity index (χ4v) is 2.60. The van der Waals surface area contributed by atoms with Gasteiger partial charge in [0, 0.05) is 19.1 Å². The van der Waals surface area contributed by atoms with Crippen LogP contribution in [0.4, 0.5) is 0 Å². The molecule has 3 atom stereocenters. The van der Waals surface area contributed by atoms with E-state index in [1.807, 2.05) is 25.9 Å². The molecule has 0 aromatic rings. The molecular weight excluding hydrogens is 232 g/mol. The molecule has 18 heavy (non-hydrogen) atoms. The van der Waals surface area contributed by atoms with E-state index in [-0.39, 0.29) is 11.7 Å². The van der Waals surface area contributed by atoms with Gasteiger partial charge in [0.05, 0.1) is 5.92 Å². The zero-order valence-electron chi connectivity index (χ0n) is 11.6. The van der Waals surface area contributed by atoms with Crippen molar-refractivity contribution in [2.24, 2.45) is 22.7 Å². The van der Waals surface area contributed by atoms with Crippen molar-refractivity contribution in [3.8, 4) is 0 Å². The van der Waals surface area contributed by atoms with Crippen molar-refractivity contribution in [1.82, 2.24) is 9.80 Å². The third-order valence-corrected chi connectivity index (χ3v) is 3.73. The molecule has 1 saturated heterocycles. The van der Waals surface area contributed by atoms with E-state index < -0.39 is 5.92 Å². The number of oxime groups is 1. The Morgan fingerprint density at radius 3 is 2.56 bits per heavy atom. The largest absolute Gasteiger partial charge is 0.409 e. The van der Waals surface area contributed by atoms with Crippen LogP contribution in [0.15, 0.2) is 5.16 Å². The maximum absolute atomic E-state index is 12.3. The normalized spacial score (nSPS) is 26.7. The van der Waals surface area contributed by atoms with Crippen LogP contribution >= 0.6 is 0 Å². The minimum absolute atomic E-state index is 0.00320. The van der Waals surface area contributed by atoms with Crippen LogP contribution in [-0.2, 0) is 4.79 Å². The first-order valence-corrected chi connectivity index (χ1v) is 6.34. The highest BCUT2D eigenvalue weighted by atomic mass is 16.4. The molecular formula is C12H24N4O2. The molecule has 3 N–H and O–H groups in total. The van der Waals surface area contributed by atoms with E-state index in [0.29, 0.717) is 24.9 Å². The molecule has 0 spiro atoms. The van der Waals surface area contributed by atoms with Gasteiger partial charge in [-0.25, -0.2) is 0 Å². The number of hydrogen-bond donors (Lipinski definition) is 2. The number of amidine groups is 1. The molecule has 0 aliphatic carbocycles. The summed E-state index contributed by atoms with van der Waals surface area (Å²) in [7, 11) is 4.05. The summed E-state index contributed by atoms with van der Waals surface area (Å²) in [6, 6.07) is 0.374. The lowest BCUT2D eigenvalue weighted by Gasteiger charge is -2.24.